The summed E-state index contributed by atoms with van der Waals surface area (Å²) in [6.45, 7) is 8.54. The molecule has 2 heterocycles. The van der Waals surface area contributed by atoms with Gasteiger partial charge in [-0.05, 0) is 73.8 Å². The van der Waals surface area contributed by atoms with E-state index in [2.05, 4.69) is 15.0 Å². The number of hydrogen-bond donors (Lipinski definition) is 1. The summed E-state index contributed by atoms with van der Waals surface area (Å²) < 4.78 is 68.2. The van der Waals surface area contributed by atoms with Gasteiger partial charge in [0.1, 0.15) is 24.1 Å². The Hall–Kier alpha value is -4.25. The van der Waals surface area contributed by atoms with Gasteiger partial charge >= 0.3 is 37.8 Å². The number of aromatic nitrogens is 2. The Morgan fingerprint density at radius 1 is 1.16 bits per heavy atom. The quantitative estimate of drug-likeness (QED) is 0.181. The van der Waals surface area contributed by atoms with Crippen molar-refractivity contribution in [2.75, 3.05) is 32.6 Å². The lowest BCUT2D eigenvalue weighted by molar-refractivity contribution is -0.177. The third kappa shape index (κ3) is 11.4. The van der Waals surface area contributed by atoms with E-state index in [0.29, 0.717) is 4.57 Å². The van der Waals surface area contributed by atoms with Crippen LogP contribution in [-0.2, 0) is 28.5 Å². The van der Waals surface area contributed by atoms with Crippen LogP contribution in [0.2, 0.25) is 0 Å². The number of nitrogens with zero attached hydrogens (tertiary/aromatic N) is 4. The van der Waals surface area contributed by atoms with Gasteiger partial charge in [0.15, 0.2) is 17.9 Å². The Balaban J connectivity index is 1.85. The van der Waals surface area contributed by atoms with E-state index < -0.39 is 80.6 Å². The second-order valence-electron chi connectivity index (χ2n) is 12.3. The summed E-state index contributed by atoms with van der Waals surface area (Å²) in [6, 6.07) is 5.78. The summed E-state index contributed by atoms with van der Waals surface area (Å²) in [7, 11) is 0.269. The standard InChI is InChI=1S/C30H40F2N5O11P/c1-17(2)44-25(39)18(3)35-49(42)48-20-12-10-9-11-19(20)43-16-21-24(46-23(38)15-36(7)8)30(31,32)26(45-21)37-14-13-22(33-27(37)40)34-28(41)47-29(4,5)6/h9-14,17-18,21,24,26H,15-16H2,1-8H3,(H,33,34,40,41)/t18-,21+,24+,26+/m0/s1. The van der Waals surface area contributed by atoms with Crippen molar-refractivity contribution < 1.29 is 56.3 Å². The molecule has 1 aromatic heterocycles. The lowest BCUT2D eigenvalue weighted by Crippen LogP contribution is -2.46. The van der Waals surface area contributed by atoms with Crippen LogP contribution in [0.5, 0.6) is 11.5 Å². The van der Waals surface area contributed by atoms with Gasteiger partial charge < -0.3 is 28.6 Å². The molecule has 0 spiro atoms. The largest absolute Gasteiger partial charge is 0.575 e. The molecule has 1 saturated heterocycles. The molecule has 16 nitrogen and oxygen atoms in total. The average molecular weight is 716 g/mol. The van der Waals surface area contributed by atoms with Crippen molar-refractivity contribution in [2.24, 2.45) is 4.74 Å². The molecule has 1 amide bonds. The zero-order valence-electron chi connectivity index (χ0n) is 28.2. The Labute approximate surface area is 282 Å². The summed E-state index contributed by atoms with van der Waals surface area (Å²) >= 11 is 0. The van der Waals surface area contributed by atoms with Crippen LogP contribution in [0, 0.1) is 0 Å². The molecule has 19 heteroatoms. The summed E-state index contributed by atoms with van der Waals surface area (Å²) in [5.41, 5.74) is -2.06. The van der Waals surface area contributed by atoms with Crippen molar-refractivity contribution in [3.05, 3.63) is 47.0 Å². The van der Waals surface area contributed by atoms with Crippen LogP contribution in [0.1, 0.15) is 47.8 Å². The molecule has 0 bridgehead atoms. The molecule has 1 fully saturated rings. The number of halogens is 2. The number of likely N-dealkylation sites (N-methyl/N-ethyl adjacent to an activating group) is 1. The predicted octanol–water partition coefficient (Wildman–Crippen LogP) is 3.25. The molecule has 270 valence electrons. The second-order valence-corrected chi connectivity index (χ2v) is 13.2. The van der Waals surface area contributed by atoms with E-state index in [0.717, 1.165) is 12.3 Å². The van der Waals surface area contributed by atoms with Gasteiger partial charge in [-0.1, -0.05) is 16.9 Å². The molecule has 2 aromatic rings. The van der Waals surface area contributed by atoms with Gasteiger partial charge in [0.05, 0.1) is 12.6 Å². The molecule has 1 aliphatic rings. The Morgan fingerprint density at radius 3 is 2.41 bits per heavy atom. The Kier molecular flexibility index (Phi) is 13.1. The molecule has 1 unspecified atom stereocenters. The maximum Gasteiger partial charge on any atom is 0.413 e. The number of ether oxygens (including phenoxy) is 5. The molecular formula is C30H40F2N5O11P. The van der Waals surface area contributed by atoms with Crippen LogP contribution < -0.4 is 25.2 Å². The molecular weight excluding hydrogens is 675 g/mol. The summed E-state index contributed by atoms with van der Waals surface area (Å²) in [5, 5.41) is 2.25. The highest BCUT2D eigenvalue weighted by molar-refractivity contribution is 7.34. The maximum atomic E-state index is 16.0. The van der Waals surface area contributed by atoms with Crippen LogP contribution in [0.15, 0.2) is 46.1 Å². The van der Waals surface area contributed by atoms with Crippen LogP contribution in [0.3, 0.4) is 0 Å². The molecule has 1 N–H and O–H groups in total. The number of carbonyl (C=O) groups excluding carboxylic acids is 3. The van der Waals surface area contributed by atoms with E-state index in [1.54, 1.807) is 34.6 Å². The number of hydrogen-bond acceptors (Lipinski definition) is 14. The Bertz CT molecular complexity index is 1580. The minimum Gasteiger partial charge on any atom is -0.575 e. The van der Waals surface area contributed by atoms with E-state index >= 15 is 8.78 Å². The zero-order valence-corrected chi connectivity index (χ0v) is 29.1. The van der Waals surface area contributed by atoms with Gasteiger partial charge in [0.2, 0.25) is 12.0 Å². The highest BCUT2D eigenvalue weighted by Gasteiger charge is 2.62. The van der Waals surface area contributed by atoms with Gasteiger partial charge in [0, 0.05) is 6.20 Å². The first-order chi connectivity index (χ1) is 22.8. The van der Waals surface area contributed by atoms with Gasteiger partial charge in [0.25, 0.3) is 0 Å². The lowest BCUT2D eigenvalue weighted by atomic mass is 10.1. The SMILES string of the molecule is CC(C)OC(=O)[C@H](C)N=[P+]([O-])Oc1ccccc1OC[C@H]1O[C@@H](n2ccc(NC(=O)OC(C)(C)C)nc2=O)C(F)(F)[C@@H]1OC(=O)CN(C)C. The van der Waals surface area contributed by atoms with Gasteiger partial charge in [-0.3, -0.25) is 24.1 Å². The van der Waals surface area contributed by atoms with Gasteiger partial charge in [-0.2, -0.15) is 13.8 Å². The first-order valence-corrected chi connectivity index (χ1v) is 16.1. The van der Waals surface area contributed by atoms with Crippen LogP contribution in [-0.4, -0.2) is 95.6 Å². The molecule has 5 atom stereocenters. The highest BCUT2D eigenvalue weighted by Crippen LogP contribution is 2.44. The van der Waals surface area contributed by atoms with Crippen molar-refractivity contribution in [1.82, 2.24) is 14.5 Å². The normalized spacial score (nSPS) is 19.7. The molecule has 1 aromatic carbocycles. The minimum absolute atomic E-state index is 0.0661. The number of anilines is 1. The van der Waals surface area contributed by atoms with E-state index in [1.807, 2.05) is 0 Å². The lowest BCUT2D eigenvalue weighted by Gasteiger charge is -2.25. The molecule has 1 aliphatic heterocycles. The molecule has 3 rings (SSSR count). The number of para-hydroxylation sites is 2. The third-order valence-electron chi connectivity index (χ3n) is 6.15. The molecule has 0 radical (unpaired) electrons. The van der Waals surface area contributed by atoms with E-state index in [-0.39, 0.29) is 23.9 Å². The monoisotopic (exact) mass is 715 g/mol. The fraction of sp³-hybridized carbons (Fsp3) is 0.567. The fourth-order valence-corrected chi connectivity index (χ4v) is 4.94. The van der Waals surface area contributed by atoms with Crippen molar-refractivity contribution >= 4 is 32.0 Å². The van der Waals surface area contributed by atoms with Crippen LogP contribution in [0.4, 0.5) is 19.4 Å². The number of amides is 1. The molecule has 0 saturated carbocycles. The fourth-order valence-electron chi connectivity index (χ4n) is 4.20. The van der Waals surface area contributed by atoms with E-state index in [1.165, 1.54) is 50.2 Å². The number of benzene rings is 1. The molecule has 49 heavy (non-hydrogen) atoms. The average Bonchev–Trinajstić information content (AvgIpc) is 3.19. The zero-order chi connectivity index (χ0) is 36.7. The van der Waals surface area contributed by atoms with Crippen molar-refractivity contribution in [2.45, 2.75) is 83.6 Å². The minimum atomic E-state index is -3.99. The predicted molar refractivity (Wildman–Crippen MR) is 168 cm³/mol. The number of esters is 2. The van der Waals surface area contributed by atoms with Crippen LogP contribution in [0.25, 0.3) is 0 Å². The maximum absolute atomic E-state index is 16.0. The number of rotatable bonds is 13. The highest BCUT2D eigenvalue weighted by atomic mass is 31.1. The molecule has 0 aliphatic carbocycles. The van der Waals surface area contributed by atoms with Gasteiger partial charge in [-0.15, -0.1) is 0 Å². The third-order valence-corrected chi connectivity index (χ3v) is 7.04. The Morgan fingerprint density at radius 2 is 1.82 bits per heavy atom. The van der Waals surface area contributed by atoms with Crippen molar-refractivity contribution in [1.29, 1.82) is 0 Å². The van der Waals surface area contributed by atoms with E-state index in [4.69, 9.17) is 28.2 Å². The number of carbonyl (C=O) groups is 3. The smallest absolute Gasteiger partial charge is 0.413 e. The summed E-state index contributed by atoms with van der Waals surface area (Å²) in [5.74, 6) is -6.13. The van der Waals surface area contributed by atoms with Crippen molar-refractivity contribution in [3.8, 4) is 11.5 Å². The van der Waals surface area contributed by atoms with Crippen LogP contribution >= 0.6 is 8.17 Å². The number of alkyl halides is 2. The topological polar surface area (TPSA) is 192 Å². The van der Waals surface area contributed by atoms with Gasteiger partial charge in [-0.25, -0.2) is 14.4 Å². The first-order valence-electron chi connectivity index (χ1n) is 15.0. The number of nitrogens with one attached hydrogen (secondary N) is 1. The van der Waals surface area contributed by atoms with E-state index in [9.17, 15) is 24.1 Å². The summed E-state index contributed by atoms with van der Waals surface area (Å²) in [4.78, 5) is 67.2. The van der Waals surface area contributed by atoms with Crippen molar-refractivity contribution in [3.63, 3.8) is 0 Å². The summed E-state index contributed by atoms with van der Waals surface area (Å²) in [6.07, 6.45) is -6.58. The second kappa shape index (κ2) is 16.4. The first kappa shape index (κ1) is 39.2.